The number of piperidine rings is 1. The molecule has 0 amide bonds. The maximum absolute atomic E-state index is 4.34. The van der Waals surface area contributed by atoms with Gasteiger partial charge in [-0.25, -0.2) is 9.97 Å². The van der Waals surface area contributed by atoms with Crippen molar-refractivity contribution in [2.75, 3.05) is 31.6 Å². The van der Waals surface area contributed by atoms with Gasteiger partial charge in [-0.15, -0.1) is 0 Å². The first-order chi connectivity index (χ1) is 8.31. The Hall–Kier alpha value is -0.680. The van der Waals surface area contributed by atoms with Crippen LogP contribution in [0.4, 0.5) is 5.82 Å². The van der Waals surface area contributed by atoms with Crippen LogP contribution in [-0.4, -0.2) is 36.6 Å². The number of halogens is 1. The predicted octanol–water partition coefficient (Wildman–Crippen LogP) is 2.06. The molecule has 1 aromatic heterocycles. The summed E-state index contributed by atoms with van der Waals surface area (Å²) in [7, 11) is 2.02. The largest absolute Gasteiger partial charge is 0.356 e. The Morgan fingerprint density at radius 1 is 1.47 bits per heavy atom. The fourth-order valence-electron chi connectivity index (χ4n) is 2.32. The van der Waals surface area contributed by atoms with Crippen LogP contribution in [0, 0.1) is 5.92 Å². The van der Waals surface area contributed by atoms with Crippen molar-refractivity contribution >= 4 is 21.7 Å². The summed E-state index contributed by atoms with van der Waals surface area (Å²) in [5.74, 6) is 1.89. The van der Waals surface area contributed by atoms with Gasteiger partial charge in [0.05, 0.1) is 4.47 Å². The molecule has 2 heterocycles. The molecule has 0 bridgehead atoms. The second-order valence-electron chi connectivity index (χ2n) is 4.52. The van der Waals surface area contributed by atoms with E-state index in [1.54, 1.807) is 6.33 Å². The van der Waals surface area contributed by atoms with E-state index in [9.17, 15) is 0 Å². The van der Waals surface area contributed by atoms with Gasteiger partial charge in [0.25, 0.3) is 0 Å². The van der Waals surface area contributed by atoms with Gasteiger partial charge in [-0.1, -0.05) is 0 Å². The minimum Gasteiger partial charge on any atom is -0.356 e. The Balaban J connectivity index is 1.89. The molecule has 2 rings (SSSR count). The van der Waals surface area contributed by atoms with Crippen LogP contribution in [0.2, 0.25) is 0 Å². The van der Waals surface area contributed by atoms with Crippen molar-refractivity contribution < 1.29 is 0 Å². The van der Waals surface area contributed by atoms with Gasteiger partial charge >= 0.3 is 0 Å². The van der Waals surface area contributed by atoms with Crippen LogP contribution in [0.15, 0.2) is 17.0 Å². The Labute approximate surface area is 111 Å². The fourth-order valence-corrected chi connectivity index (χ4v) is 2.79. The van der Waals surface area contributed by atoms with E-state index in [1.807, 2.05) is 13.2 Å². The molecule has 1 fully saturated rings. The minimum absolute atomic E-state index is 0.860. The molecule has 1 saturated heterocycles. The van der Waals surface area contributed by atoms with E-state index in [2.05, 4.69) is 36.1 Å². The van der Waals surface area contributed by atoms with Gasteiger partial charge < -0.3 is 10.2 Å². The molecule has 4 nitrogen and oxygen atoms in total. The summed E-state index contributed by atoms with van der Waals surface area (Å²) in [6.07, 6.45) is 7.24. The molecular weight excluding hydrogens is 280 g/mol. The first kappa shape index (κ1) is 12.8. The fraction of sp³-hybridized carbons (Fsp3) is 0.667. The highest BCUT2D eigenvalue weighted by Gasteiger charge is 2.20. The summed E-state index contributed by atoms with van der Waals surface area (Å²) in [5, 5.41) is 3.23. The molecular formula is C12H19BrN4. The Kier molecular flexibility index (Phi) is 4.74. The number of hydrogen-bond donors (Lipinski definition) is 1. The van der Waals surface area contributed by atoms with E-state index in [4.69, 9.17) is 0 Å². The molecule has 5 heteroatoms. The van der Waals surface area contributed by atoms with E-state index in [-0.39, 0.29) is 0 Å². The molecule has 0 radical (unpaired) electrons. The lowest BCUT2D eigenvalue weighted by molar-refractivity contribution is 0.377. The lowest BCUT2D eigenvalue weighted by atomic mass is 9.93. The van der Waals surface area contributed by atoms with E-state index >= 15 is 0 Å². The number of rotatable bonds is 4. The Morgan fingerprint density at radius 3 is 2.88 bits per heavy atom. The summed E-state index contributed by atoms with van der Waals surface area (Å²) < 4.78 is 0.994. The summed E-state index contributed by atoms with van der Waals surface area (Å²) in [6, 6.07) is 0. The van der Waals surface area contributed by atoms with Crippen LogP contribution in [0.25, 0.3) is 0 Å². The van der Waals surface area contributed by atoms with Crippen LogP contribution < -0.4 is 10.2 Å². The third-order valence-corrected chi connectivity index (χ3v) is 3.92. The van der Waals surface area contributed by atoms with Gasteiger partial charge in [0, 0.05) is 19.3 Å². The van der Waals surface area contributed by atoms with Crippen molar-refractivity contribution in [3.8, 4) is 0 Å². The second-order valence-corrected chi connectivity index (χ2v) is 5.37. The average Bonchev–Trinajstić information content (AvgIpc) is 2.38. The molecule has 17 heavy (non-hydrogen) atoms. The highest BCUT2D eigenvalue weighted by molar-refractivity contribution is 9.10. The second kappa shape index (κ2) is 6.31. The Bertz CT molecular complexity index is 350. The van der Waals surface area contributed by atoms with E-state index in [0.29, 0.717) is 0 Å². The molecule has 0 unspecified atom stereocenters. The van der Waals surface area contributed by atoms with Crippen LogP contribution in [0.1, 0.15) is 19.3 Å². The number of anilines is 1. The average molecular weight is 299 g/mol. The number of nitrogens with one attached hydrogen (secondary N) is 1. The maximum atomic E-state index is 4.34. The standard InChI is InChI=1S/C12H19BrN4/c1-14-5-2-10-3-6-17(7-4-10)12-11(13)8-15-9-16-12/h8-10,14H,2-7H2,1H3. The lowest BCUT2D eigenvalue weighted by Gasteiger charge is -2.33. The van der Waals surface area contributed by atoms with Crippen molar-refractivity contribution in [1.82, 2.24) is 15.3 Å². The predicted molar refractivity (Wildman–Crippen MR) is 73.2 cm³/mol. The van der Waals surface area contributed by atoms with Crippen LogP contribution in [-0.2, 0) is 0 Å². The van der Waals surface area contributed by atoms with Crippen molar-refractivity contribution in [1.29, 1.82) is 0 Å². The molecule has 1 aliphatic rings. The highest BCUT2D eigenvalue weighted by Crippen LogP contribution is 2.27. The first-order valence-electron chi connectivity index (χ1n) is 6.16. The Morgan fingerprint density at radius 2 is 2.24 bits per heavy atom. The van der Waals surface area contributed by atoms with E-state index in [0.717, 1.165) is 35.8 Å². The van der Waals surface area contributed by atoms with Gasteiger partial charge in [-0.05, 0) is 54.7 Å². The zero-order chi connectivity index (χ0) is 12.1. The van der Waals surface area contributed by atoms with Gasteiger partial charge in [0.1, 0.15) is 12.1 Å². The summed E-state index contributed by atoms with van der Waals surface area (Å²) >= 11 is 3.51. The monoisotopic (exact) mass is 298 g/mol. The quantitative estimate of drug-likeness (QED) is 0.924. The van der Waals surface area contributed by atoms with Crippen molar-refractivity contribution in [3.63, 3.8) is 0 Å². The van der Waals surface area contributed by atoms with Crippen molar-refractivity contribution in [2.24, 2.45) is 5.92 Å². The summed E-state index contributed by atoms with van der Waals surface area (Å²) in [5.41, 5.74) is 0. The molecule has 0 atom stereocenters. The zero-order valence-corrected chi connectivity index (χ0v) is 11.8. The van der Waals surface area contributed by atoms with Crippen LogP contribution in [0.5, 0.6) is 0 Å². The topological polar surface area (TPSA) is 41.0 Å². The van der Waals surface area contributed by atoms with Crippen LogP contribution >= 0.6 is 15.9 Å². The lowest BCUT2D eigenvalue weighted by Crippen LogP contribution is -2.35. The third-order valence-electron chi connectivity index (χ3n) is 3.36. The number of nitrogens with zero attached hydrogens (tertiary/aromatic N) is 3. The van der Waals surface area contributed by atoms with Gasteiger partial charge in [-0.3, -0.25) is 0 Å². The van der Waals surface area contributed by atoms with Crippen LogP contribution in [0.3, 0.4) is 0 Å². The minimum atomic E-state index is 0.860. The molecule has 0 aliphatic carbocycles. The molecule has 1 aromatic rings. The van der Waals surface area contributed by atoms with Gasteiger partial charge in [-0.2, -0.15) is 0 Å². The molecule has 0 spiro atoms. The molecule has 94 valence electrons. The van der Waals surface area contributed by atoms with E-state index < -0.39 is 0 Å². The van der Waals surface area contributed by atoms with E-state index in [1.165, 1.54) is 19.3 Å². The summed E-state index contributed by atoms with van der Waals surface area (Å²) in [6.45, 7) is 3.33. The van der Waals surface area contributed by atoms with Crippen molar-refractivity contribution in [3.05, 3.63) is 17.0 Å². The maximum Gasteiger partial charge on any atom is 0.146 e. The number of hydrogen-bond acceptors (Lipinski definition) is 4. The van der Waals surface area contributed by atoms with Gasteiger partial charge in [0.15, 0.2) is 0 Å². The molecule has 1 N–H and O–H groups in total. The SMILES string of the molecule is CNCCC1CCN(c2ncncc2Br)CC1. The third kappa shape index (κ3) is 3.39. The molecule has 1 aliphatic heterocycles. The first-order valence-corrected chi connectivity index (χ1v) is 6.95. The molecule has 0 aromatic carbocycles. The van der Waals surface area contributed by atoms with Crippen molar-refractivity contribution in [2.45, 2.75) is 19.3 Å². The normalized spacial score (nSPS) is 17.4. The highest BCUT2D eigenvalue weighted by atomic mass is 79.9. The zero-order valence-electron chi connectivity index (χ0n) is 10.2. The van der Waals surface area contributed by atoms with Gasteiger partial charge in [0.2, 0.25) is 0 Å². The molecule has 0 saturated carbocycles. The number of aromatic nitrogens is 2. The smallest absolute Gasteiger partial charge is 0.146 e. The summed E-state index contributed by atoms with van der Waals surface area (Å²) in [4.78, 5) is 10.7.